The molecule has 0 aromatic carbocycles. The predicted octanol–water partition coefficient (Wildman–Crippen LogP) is 1.10. The van der Waals surface area contributed by atoms with E-state index in [-0.39, 0.29) is 5.91 Å². The van der Waals surface area contributed by atoms with Gasteiger partial charge in [0.05, 0.1) is 5.54 Å². The van der Waals surface area contributed by atoms with Gasteiger partial charge in [0, 0.05) is 25.2 Å². The summed E-state index contributed by atoms with van der Waals surface area (Å²) >= 11 is 0. The van der Waals surface area contributed by atoms with Crippen molar-refractivity contribution in [2.24, 2.45) is 11.7 Å². The van der Waals surface area contributed by atoms with Crippen molar-refractivity contribution in [2.75, 3.05) is 13.1 Å². The summed E-state index contributed by atoms with van der Waals surface area (Å²) in [7, 11) is 0. The summed E-state index contributed by atoms with van der Waals surface area (Å²) < 4.78 is 0. The van der Waals surface area contributed by atoms with Crippen LogP contribution in [0.3, 0.4) is 0 Å². The van der Waals surface area contributed by atoms with Crippen LogP contribution in [0.5, 0.6) is 0 Å². The van der Waals surface area contributed by atoms with Crippen molar-refractivity contribution in [3.8, 4) is 0 Å². The van der Waals surface area contributed by atoms with Gasteiger partial charge < -0.3 is 16.0 Å². The molecule has 1 saturated carbocycles. The molecule has 0 radical (unpaired) electrons. The molecule has 2 aliphatic rings. The second kappa shape index (κ2) is 5.17. The highest BCUT2D eigenvalue weighted by Crippen LogP contribution is 2.26. The van der Waals surface area contributed by atoms with E-state index in [0.717, 1.165) is 25.4 Å². The first-order chi connectivity index (χ1) is 8.40. The highest BCUT2D eigenvalue weighted by molar-refractivity contribution is 5.84. The van der Waals surface area contributed by atoms with Crippen LogP contribution in [0.4, 0.5) is 0 Å². The van der Waals surface area contributed by atoms with Crippen LogP contribution in [0.2, 0.25) is 0 Å². The van der Waals surface area contributed by atoms with Gasteiger partial charge in [-0.2, -0.15) is 0 Å². The summed E-state index contributed by atoms with van der Waals surface area (Å²) in [5.41, 5.74) is 5.04. The van der Waals surface area contributed by atoms with Crippen LogP contribution >= 0.6 is 0 Å². The standard InChI is InChI=1S/C14H27N3O/c1-10-8-11(2)17(9-10)7-6-14(3,13(15)18)16-12-4-5-12/h10-12,16H,4-9H2,1-3H3,(H2,15,18). The third kappa shape index (κ3) is 3.23. The van der Waals surface area contributed by atoms with Crippen molar-refractivity contribution in [1.82, 2.24) is 10.2 Å². The van der Waals surface area contributed by atoms with Crippen LogP contribution in [-0.4, -0.2) is 41.5 Å². The van der Waals surface area contributed by atoms with Gasteiger partial charge in [0.1, 0.15) is 0 Å². The van der Waals surface area contributed by atoms with Crippen LogP contribution in [-0.2, 0) is 4.79 Å². The number of carbonyl (C=O) groups excluding carboxylic acids is 1. The maximum Gasteiger partial charge on any atom is 0.237 e. The Morgan fingerprint density at radius 1 is 1.44 bits per heavy atom. The van der Waals surface area contributed by atoms with E-state index in [1.807, 2.05) is 6.92 Å². The summed E-state index contributed by atoms with van der Waals surface area (Å²) in [6, 6.07) is 1.15. The van der Waals surface area contributed by atoms with Gasteiger partial charge in [-0.25, -0.2) is 0 Å². The van der Waals surface area contributed by atoms with Gasteiger partial charge in [0.25, 0.3) is 0 Å². The number of hydrogen-bond donors (Lipinski definition) is 2. The van der Waals surface area contributed by atoms with Crippen LogP contribution in [0.1, 0.15) is 46.5 Å². The third-order valence-corrected chi connectivity index (χ3v) is 4.46. The second-order valence-corrected chi connectivity index (χ2v) is 6.55. The molecule has 104 valence electrons. The average Bonchev–Trinajstić information content (AvgIpc) is 3.01. The molecule has 2 rings (SSSR count). The van der Waals surface area contributed by atoms with Crippen molar-refractivity contribution in [1.29, 1.82) is 0 Å². The molecule has 18 heavy (non-hydrogen) atoms. The Hall–Kier alpha value is -0.610. The van der Waals surface area contributed by atoms with E-state index in [0.29, 0.717) is 12.1 Å². The lowest BCUT2D eigenvalue weighted by Crippen LogP contribution is -2.55. The Morgan fingerprint density at radius 2 is 2.11 bits per heavy atom. The fraction of sp³-hybridized carbons (Fsp3) is 0.929. The van der Waals surface area contributed by atoms with Gasteiger partial charge in [-0.1, -0.05) is 6.92 Å². The van der Waals surface area contributed by atoms with Crippen molar-refractivity contribution in [3.63, 3.8) is 0 Å². The maximum atomic E-state index is 11.7. The zero-order valence-electron chi connectivity index (χ0n) is 11.9. The second-order valence-electron chi connectivity index (χ2n) is 6.55. The Balaban J connectivity index is 1.87. The monoisotopic (exact) mass is 253 g/mol. The van der Waals surface area contributed by atoms with Gasteiger partial charge in [-0.15, -0.1) is 0 Å². The van der Waals surface area contributed by atoms with Gasteiger partial charge in [0.2, 0.25) is 5.91 Å². The molecule has 1 aliphatic carbocycles. The minimum atomic E-state index is -0.535. The van der Waals surface area contributed by atoms with E-state index in [9.17, 15) is 4.79 Å². The largest absolute Gasteiger partial charge is 0.368 e. The van der Waals surface area contributed by atoms with Gasteiger partial charge in [-0.3, -0.25) is 4.79 Å². The fourth-order valence-electron chi connectivity index (χ4n) is 3.01. The van der Waals surface area contributed by atoms with Crippen LogP contribution in [0.25, 0.3) is 0 Å². The van der Waals surface area contributed by atoms with Gasteiger partial charge in [0.15, 0.2) is 0 Å². The first-order valence-corrected chi connectivity index (χ1v) is 7.22. The van der Waals surface area contributed by atoms with Gasteiger partial charge in [-0.05, 0) is 45.4 Å². The number of nitrogens with two attached hydrogens (primary N) is 1. The van der Waals surface area contributed by atoms with E-state index < -0.39 is 5.54 Å². The number of carbonyl (C=O) groups is 1. The Bertz CT molecular complexity index is 316. The summed E-state index contributed by atoms with van der Waals surface area (Å²) in [5.74, 6) is 0.561. The molecule has 1 heterocycles. The lowest BCUT2D eigenvalue weighted by molar-refractivity contribution is -0.124. The lowest BCUT2D eigenvalue weighted by Gasteiger charge is -2.31. The van der Waals surface area contributed by atoms with Crippen molar-refractivity contribution in [3.05, 3.63) is 0 Å². The molecule has 2 fully saturated rings. The summed E-state index contributed by atoms with van der Waals surface area (Å²) in [5, 5.41) is 3.42. The number of amides is 1. The molecule has 0 bridgehead atoms. The van der Waals surface area contributed by atoms with Crippen LogP contribution < -0.4 is 11.1 Å². The van der Waals surface area contributed by atoms with Crippen LogP contribution in [0, 0.1) is 5.92 Å². The van der Waals surface area contributed by atoms with Crippen molar-refractivity contribution in [2.45, 2.75) is 64.1 Å². The molecular weight excluding hydrogens is 226 g/mol. The average molecular weight is 253 g/mol. The molecule has 4 heteroatoms. The minimum Gasteiger partial charge on any atom is -0.368 e. The Labute approximate surface area is 110 Å². The van der Waals surface area contributed by atoms with E-state index in [4.69, 9.17) is 5.73 Å². The highest BCUT2D eigenvalue weighted by atomic mass is 16.1. The quantitative estimate of drug-likeness (QED) is 0.745. The SMILES string of the molecule is CC1CC(C)N(CCC(C)(NC2CC2)C(N)=O)C1. The predicted molar refractivity (Wildman–Crippen MR) is 73.2 cm³/mol. The zero-order valence-corrected chi connectivity index (χ0v) is 11.9. The summed E-state index contributed by atoms with van der Waals surface area (Å²) in [4.78, 5) is 14.2. The molecule has 3 atom stereocenters. The fourth-order valence-corrected chi connectivity index (χ4v) is 3.01. The molecule has 3 N–H and O–H groups in total. The first-order valence-electron chi connectivity index (χ1n) is 7.22. The number of hydrogen-bond acceptors (Lipinski definition) is 3. The molecule has 0 spiro atoms. The molecular formula is C14H27N3O. The summed E-state index contributed by atoms with van der Waals surface area (Å²) in [6.45, 7) is 8.65. The molecule has 3 unspecified atom stereocenters. The number of likely N-dealkylation sites (tertiary alicyclic amines) is 1. The van der Waals surface area contributed by atoms with E-state index >= 15 is 0 Å². The molecule has 4 nitrogen and oxygen atoms in total. The number of nitrogens with zero attached hydrogens (tertiary/aromatic N) is 1. The summed E-state index contributed by atoms with van der Waals surface area (Å²) in [6.07, 6.45) is 4.44. The topological polar surface area (TPSA) is 58.4 Å². The van der Waals surface area contributed by atoms with Crippen molar-refractivity contribution >= 4 is 5.91 Å². The Morgan fingerprint density at radius 3 is 2.56 bits per heavy atom. The third-order valence-electron chi connectivity index (χ3n) is 4.46. The van der Waals surface area contributed by atoms with Gasteiger partial charge >= 0.3 is 0 Å². The zero-order chi connectivity index (χ0) is 13.3. The number of nitrogens with one attached hydrogen (secondary N) is 1. The lowest BCUT2D eigenvalue weighted by atomic mass is 9.96. The van der Waals surface area contributed by atoms with E-state index in [1.165, 1.54) is 19.3 Å². The molecule has 0 aromatic heterocycles. The number of rotatable bonds is 6. The van der Waals surface area contributed by atoms with Crippen molar-refractivity contribution < 1.29 is 4.79 Å². The maximum absolute atomic E-state index is 11.7. The molecule has 1 amide bonds. The van der Waals surface area contributed by atoms with Crippen LogP contribution in [0.15, 0.2) is 0 Å². The molecule has 1 saturated heterocycles. The van der Waals surface area contributed by atoms with E-state index in [1.54, 1.807) is 0 Å². The van der Waals surface area contributed by atoms with E-state index in [2.05, 4.69) is 24.1 Å². The molecule has 1 aliphatic heterocycles. The normalized spacial score (nSPS) is 32.4. The smallest absolute Gasteiger partial charge is 0.237 e. The first kappa shape index (κ1) is 13.8. The molecule has 0 aromatic rings. The minimum absolute atomic E-state index is 0.214. The Kier molecular flexibility index (Phi) is 3.97. The highest BCUT2D eigenvalue weighted by Gasteiger charge is 2.38. The number of primary amides is 1.